The summed E-state index contributed by atoms with van der Waals surface area (Å²) in [5, 5.41) is 5.26. The van der Waals surface area contributed by atoms with Crippen molar-refractivity contribution >= 4 is 10.0 Å². The highest BCUT2D eigenvalue weighted by Crippen LogP contribution is 2.33. The molecular weight excluding hydrogens is 286 g/mol. The van der Waals surface area contributed by atoms with E-state index in [1.807, 2.05) is 0 Å². The molecule has 1 aromatic rings. The number of sulfonamides is 1. The molecule has 5 heteroatoms. The average Bonchev–Trinajstić information content (AvgIpc) is 2.31. The number of aryl methyl sites for hydroxylation is 2. The summed E-state index contributed by atoms with van der Waals surface area (Å²) in [6.07, 6.45) is 3.51. The summed E-state index contributed by atoms with van der Waals surface area (Å²) in [4.78, 5) is 0.209. The van der Waals surface area contributed by atoms with Crippen LogP contribution in [0, 0.1) is 25.7 Å². The van der Waals surface area contributed by atoms with Gasteiger partial charge in [0.25, 0.3) is 0 Å². The van der Waals surface area contributed by atoms with Crippen LogP contribution < -0.4 is 9.88 Å². The maximum Gasteiger partial charge on any atom is 0.238 e. The third-order valence-electron chi connectivity index (χ3n) is 4.57. The van der Waals surface area contributed by atoms with Crippen molar-refractivity contribution in [2.45, 2.75) is 58.0 Å². The first kappa shape index (κ1) is 16.3. The Balaban J connectivity index is 2.19. The Kier molecular flexibility index (Phi) is 4.63. The fraction of sp³-hybridized carbons (Fsp3) is 0.625. The number of rotatable bonds is 3. The van der Waals surface area contributed by atoms with Crippen LogP contribution in [0.3, 0.4) is 0 Å². The van der Waals surface area contributed by atoms with Crippen LogP contribution in [-0.2, 0) is 10.0 Å². The lowest BCUT2D eigenvalue weighted by Gasteiger charge is -2.32. The molecule has 2 rings (SSSR count). The highest BCUT2D eigenvalue weighted by molar-refractivity contribution is 7.89. The van der Waals surface area contributed by atoms with Crippen molar-refractivity contribution < 1.29 is 13.2 Å². The third kappa shape index (κ3) is 3.77. The van der Waals surface area contributed by atoms with E-state index in [0.717, 1.165) is 24.5 Å². The molecule has 3 unspecified atom stereocenters. The van der Waals surface area contributed by atoms with Crippen molar-refractivity contribution in [1.82, 2.24) is 0 Å². The van der Waals surface area contributed by atoms with Crippen LogP contribution in [-0.4, -0.2) is 14.5 Å². The molecule has 21 heavy (non-hydrogen) atoms. The minimum atomic E-state index is -3.69. The maximum absolute atomic E-state index is 11.6. The van der Waals surface area contributed by atoms with Gasteiger partial charge in [-0.25, -0.2) is 13.6 Å². The molecule has 0 aromatic heterocycles. The van der Waals surface area contributed by atoms with Crippen molar-refractivity contribution in [2.75, 3.05) is 0 Å². The van der Waals surface area contributed by atoms with Crippen LogP contribution in [0.1, 0.15) is 44.2 Å². The van der Waals surface area contributed by atoms with E-state index < -0.39 is 10.0 Å². The Morgan fingerprint density at radius 1 is 1.10 bits per heavy atom. The topological polar surface area (TPSA) is 69.4 Å². The smallest absolute Gasteiger partial charge is 0.238 e. The fourth-order valence-corrected chi connectivity index (χ4v) is 4.24. The zero-order valence-corrected chi connectivity index (χ0v) is 14.0. The van der Waals surface area contributed by atoms with Crippen molar-refractivity contribution in [3.05, 3.63) is 23.3 Å². The lowest BCUT2D eigenvalue weighted by molar-refractivity contribution is 0.100. The van der Waals surface area contributed by atoms with Crippen molar-refractivity contribution in [2.24, 2.45) is 17.0 Å². The number of primary sulfonamides is 1. The second-order valence-corrected chi connectivity index (χ2v) is 7.94. The van der Waals surface area contributed by atoms with Gasteiger partial charge in [-0.3, -0.25) is 0 Å². The molecule has 1 aliphatic carbocycles. The highest BCUT2D eigenvalue weighted by Gasteiger charge is 2.26. The van der Waals surface area contributed by atoms with Crippen LogP contribution in [0.5, 0.6) is 5.75 Å². The molecule has 4 nitrogen and oxygen atoms in total. The van der Waals surface area contributed by atoms with Gasteiger partial charge in [0.05, 0.1) is 11.0 Å². The predicted molar refractivity (Wildman–Crippen MR) is 83.9 cm³/mol. The summed E-state index contributed by atoms with van der Waals surface area (Å²) in [7, 11) is -3.69. The van der Waals surface area contributed by atoms with E-state index in [2.05, 4.69) is 13.8 Å². The molecule has 1 aromatic carbocycles. The molecular formula is C16H25NO3S. The third-order valence-corrected chi connectivity index (χ3v) is 5.78. The Morgan fingerprint density at radius 3 is 2.14 bits per heavy atom. The number of hydrogen-bond donors (Lipinski definition) is 1. The largest absolute Gasteiger partial charge is 0.490 e. The van der Waals surface area contributed by atoms with E-state index in [-0.39, 0.29) is 11.0 Å². The second-order valence-electron chi connectivity index (χ2n) is 6.44. The molecule has 0 amide bonds. The lowest BCUT2D eigenvalue weighted by atomic mass is 9.80. The second kappa shape index (κ2) is 5.97. The summed E-state index contributed by atoms with van der Waals surface area (Å²) in [5.74, 6) is 2.15. The summed E-state index contributed by atoms with van der Waals surface area (Å²) in [5.41, 5.74) is 1.29. The average molecular weight is 311 g/mol. The Morgan fingerprint density at radius 2 is 1.67 bits per heavy atom. The van der Waals surface area contributed by atoms with Crippen molar-refractivity contribution in [3.8, 4) is 5.75 Å². The molecule has 118 valence electrons. The van der Waals surface area contributed by atoms with Crippen molar-refractivity contribution in [1.29, 1.82) is 0 Å². The first-order valence-electron chi connectivity index (χ1n) is 7.49. The van der Waals surface area contributed by atoms with E-state index in [9.17, 15) is 8.42 Å². The van der Waals surface area contributed by atoms with Gasteiger partial charge in [0, 0.05) is 0 Å². The Labute approximate surface area is 127 Å². The standard InChI is InChI=1S/C16H25NO3S/c1-10-5-6-14(7-11(10)2)20-15-8-12(3)16(13(4)9-15)21(17,18)19/h8-11,14H,5-7H2,1-4H3,(H2,17,18,19). The summed E-state index contributed by atoms with van der Waals surface area (Å²) in [6.45, 7) is 8.06. The minimum absolute atomic E-state index is 0.209. The van der Waals surface area contributed by atoms with Gasteiger partial charge < -0.3 is 4.74 Å². The highest BCUT2D eigenvalue weighted by atomic mass is 32.2. The molecule has 0 saturated heterocycles. The molecule has 0 radical (unpaired) electrons. The van der Waals surface area contributed by atoms with E-state index >= 15 is 0 Å². The first-order valence-corrected chi connectivity index (χ1v) is 9.04. The molecule has 1 aliphatic rings. The number of ether oxygens (including phenoxy) is 1. The summed E-state index contributed by atoms with van der Waals surface area (Å²) in [6, 6.07) is 3.55. The van der Waals surface area contributed by atoms with E-state index in [1.54, 1.807) is 26.0 Å². The summed E-state index contributed by atoms with van der Waals surface area (Å²) < 4.78 is 29.3. The van der Waals surface area contributed by atoms with E-state index in [4.69, 9.17) is 9.88 Å². The van der Waals surface area contributed by atoms with Gasteiger partial charge in [-0.15, -0.1) is 0 Å². The van der Waals surface area contributed by atoms with Crippen LogP contribution in [0.2, 0.25) is 0 Å². The molecule has 0 aliphatic heterocycles. The quantitative estimate of drug-likeness (QED) is 0.932. The van der Waals surface area contributed by atoms with Gasteiger partial charge in [0.2, 0.25) is 10.0 Å². The minimum Gasteiger partial charge on any atom is -0.490 e. The van der Waals surface area contributed by atoms with E-state index in [0.29, 0.717) is 17.0 Å². The fourth-order valence-electron chi connectivity index (χ4n) is 3.22. The normalized spacial score (nSPS) is 26.6. The zero-order chi connectivity index (χ0) is 15.8. The number of hydrogen-bond acceptors (Lipinski definition) is 3. The SMILES string of the molecule is Cc1cc(OC2CCC(C)C(C)C2)cc(C)c1S(N)(=O)=O. The first-order chi connectivity index (χ1) is 9.68. The van der Waals surface area contributed by atoms with Gasteiger partial charge in [-0.1, -0.05) is 13.8 Å². The van der Waals surface area contributed by atoms with Crippen LogP contribution in [0.4, 0.5) is 0 Å². The molecule has 1 fully saturated rings. The predicted octanol–water partition coefficient (Wildman–Crippen LogP) is 3.15. The van der Waals surface area contributed by atoms with Crippen LogP contribution >= 0.6 is 0 Å². The van der Waals surface area contributed by atoms with Crippen molar-refractivity contribution in [3.63, 3.8) is 0 Å². The molecule has 3 atom stereocenters. The molecule has 2 N–H and O–H groups in total. The molecule has 0 bridgehead atoms. The van der Waals surface area contributed by atoms with Gasteiger partial charge in [-0.05, 0) is 68.2 Å². The van der Waals surface area contributed by atoms with Gasteiger partial charge in [0.1, 0.15) is 5.75 Å². The lowest BCUT2D eigenvalue weighted by Crippen LogP contribution is -2.28. The maximum atomic E-state index is 11.6. The van der Waals surface area contributed by atoms with E-state index in [1.165, 1.54) is 6.42 Å². The monoisotopic (exact) mass is 311 g/mol. The van der Waals surface area contributed by atoms with Gasteiger partial charge in [0.15, 0.2) is 0 Å². The zero-order valence-electron chi connectivity index (χ0n) is 13.2. The van der Waals surface area contributed by atoms with Crippen LogP contribution in [0.15, 0.2) is 17.0 Å². The number of nitrogens with two attached hydrogens (primary N) is 1. The Hall–Kier alpha value is -1.07. The molecule has 0 heterocycles. The number of benzene rings is 1. The van der Waals surface area contributed by atoms with Crippen LogP contribution in [0.25, 0.3) is 0 Å². The molecule has 1 saturated carbocycles. The Bertz CT molecular complexity index is 601. The molecule has 0 spiro atoms. The summed E-state index contributed by atoms with van der Waals surface area (Å²) >= 11 is 0. The van der Waals surface area contributed by atoms with Gasteiger partial charge >= 0.3 is 0 Å². The van der Waals surface area contributed by atoms with Gasteiger partial charge in [-0.2, -0.15) is 0 Å².